The Balaban J connectivity index is 1.62. The summed E-state index contributed by atoms with van der Waals surface area (Å²) < 4.78 is 36.2. The van der Waals surface area contributed by atoms with Crippen molar-refractivity contribution in [2.75, 3.05) is 0 Å². The van der Waals surface area contributed by atoms with Crippen molar-refractivity contribution >= 4 is 11.4 Å². The molecular formula is C26H27F2N5O2. The van der Waals surface area contributed by atoms with Crippen LogP contribution >= 0.6 is 0 Å². The van der Waals surface area contributed by atoms with Crippen molar-refractivity contribution in [1.82, 2.24) is 25.1 Å². The molecule has 1 amide bonds. The predicted octanol–water partition coefficient (Wildman–Crippen LogP) is 5.60. The van der Waals surface area contributed by atoms with Crippen molar-refractivity contribution in [3.05, 3.63) is 70.6 Å². The number of aryl methyl sites for hydroxylation is 2. The Bertz CT molecular complexity index is 1410. The van der Waals surface area contributed by atoms with Gasteiger partial charge in [-0.3, -0.25) is 4.79 Å². The van der Waals surface area contributed by atoms with E-state index in [2.05, 4.69) is 20.6 Å². The summed E-state index contributed by atoms with van der Waals surface area (Å²) >= 11 is 0. The molecule has 1 aliphatic rings. The second-order valence-corrected chi connectivity index (χ2v) is 9.52. The second kappa shape index (κ2) is 8.55. The van der Waals surface area contributed by atoms with E-state index in [4.69, 9.17) is 4.52 Å². The van der Waals surface area contributed by atoms with Crippen molar-refractivity contribution in [2.45, 2.75) is 64.8 Å². The second-order valence-electron chi connectivity index (χ2n) is 9.52. The summed E-state index contributed by atoms with van der Waals surface area (Å²) in [5, 5.41) is 11.9. The van der Waals surface area contributed by atoms with Crippen molar-refractivity contribution in [3.63, 3.8) is 0 Å². The van der Waals surface area contributed by atoms with Crippen LogP contribution in [0.4, 0.5) is 8.78 Å². The highest BCUT2D eigenvalue weighted by Crippen LogP contribution is 2.39. The molecule has 182 valence electrons. The third-order valence-corrected chi connectivity index (χ3v) is 6.78. The number of amides is 1. The van der Waals surface area contributed by atoms with E-state index in [1.807, 2.05) is 13.8 Å². The number of hydrogen-bond donors (Lipinski definition) is 1. The number of rotatable bonds is 5. The molecule has 1 saturated carbocycles. The van der Waals surface area contributed by atoms with Crippen LogP contribution in [-0.2, 0) is 5.54 Å². The normalized spacial score (nSPS) is 15.3. The van der Waals surface area contributed by atoms with Gasteiger partial charge in [-0.2, -0.15) is 10.1 Å². The fraction of sp³-hybridized carbons (Fsp3) is 0.385. The Hall–Kier alpha value is -3.62. The van der Waals surface area contributed by atoms with Crippen LogP contribution in [0.25, 0.3) is 16.6 Å². The SMILES string of the molecule is Cc1nc(C2(NC(=O)c3ccc4c(-c5c(F)cccc5F)c(C)nn4c3C(C)C)CCCC2)no1. The molecule has 3 heterocycles. The van der Waals surface area contributed by atoms with Crippen LogP contribution in [0.5, 0.6) is 0 Å². The minimum atomic E-state index is -0.695. The Morgan fingerprint density at radius 2 is 1.77 bits per heavy atom. The van der Waals surface area contributed by atoms with Gasteiger partial charge < -0.3 is 9.84 Å². The number of aromatic nitrogens is 4. The molecule has 5 rings (SSSR count). The number of pyridine rings is 1. The van der Waals surface area contributed by atoms with Crippen molar-refractivity contribution in [2.24, 2.45) is 0 Å². The van der Waals surface area contributed by atoms with Crippen LogP contribution < -0.4 is 5.32 Å². The quantitative estimate of drug-likeness (QED) is 0.403. The Morgan fingerprint density at radius 3 is 2.37 bits per heavy atom. The Labute approximate surface area is 201 Å². The molecule has 0 saturated heterocycles. The standard InChI is InChI=1S/C26H27F2N5O2/c1-14(2)23-17(24(34)30-26(12-5-6-13-26)25-29-16(4)35-32-25)10-11-20-21(15(3)31-33(20)23)22-18(27)8-7-9-19(22)28/h7-11,14H,5-6,12-13H2,1-4H3,(H,30,34). The topological polar surface area (TPSA) is 85.3 Å². The molecule has 0 unspecified atom stereocenters. The molecule has 1 aliphatic carbocycles. The predicted molar refractivity (Wildman–Crippen MR) is 126 cm³/mol. The van der Waals surface area contributed by atoms with E-state index < -0.39 is 17.2 Å². The monoisotopic (exact) mass is 479 g/mol. The van der Waals surface area contributed by atoms with Gasteiger partial charge in [-0.25, -0.2) is 13.3 Å². The fourth-order valence-electron chi connectivity index (χ4n) is 5.20. The first-order valence-electron chi connectivity index (χ1n) is 11.8. The molecule has 1 aromatic carbocycles. The first kappa shape index (κ1) is 23.1. The van der Waals surface area contributed by atoms with Gasteiger partial charge in [0.05, 0.1) is 28.0 Å². The summed E-state index contributed by atoms with van der Waals surface area (Å²) in [6.45, 7) is 7.35. The molecule has 0 bridgehead atoms. The molecule has 0 atom stereocenters. The maximum absolute atomic E-state index is 14.7. The number of carbonyl (C=O) groups is 1. The summed E-state index contributed by atoms with van der Waals surface area (Å²) in [6, 6.07) is 7.19. The lowest BCUT2D eigenvalue weighted by molar-refractivity contribution is 0.0889. The average Bonchev–Trinajstić information content (AvgIpc) is 3.52. The summed E-state index contributed by atoms with van der Waals surface area (Å²) in [5.74, 6) is -0.746. The molecule has 35 heavy (non-hydrogen) atoms. The van der Waals surface area contributed by atoms with E-state index in [0.29, 0.717) is 52.6 Å². The zero-order valence-electron chi connectivity index (χ0n) is 20.2. The lowest BCUT2D eigenvalue weighted by Crippen LogP contribution is -2.45. The van der Waals surface area contributed by atoms with Gasteiger partial charge >= 0.3 is 0 Å². The third kappa shape index (κ3) is 3.79. The molecule has 0 spiro atoms. The van der Waals surface area contributed by atoms with E-state index in [-0.39, 0.29) is 17.4 Å². The highest BCUT2D eigenvalue weighted by molar-refractivity contribution is 5.97. The van der Waals surface area contributed by atoms with Crippen LogP contribution in [0.15, 0.2) is 34.9 Å². The molecule has 1 fully saturated rings. The van der Waals surface area contributed by atoms with Gasteiger partial charge in [-0.15, -0.1) is 0 Å². The van der Waals surface area contributed by atoms with Crippen molar-refractivity contribution < 1.29 is 18.1 Å². The van der Waals surface area contributed by atoms with Gasteiger partial charge in [0.25, 0.3) is 5.91 Å². The van der Waals surface area contributed by atoms with Gasteiger partial charge in [0, 0.05) is 12.5 Å². The van der Waals surface area contributed by atoms with Crippen LogP contribution in [0.3, 0.4) is 0 Å². The first-order chi connectivity index (χ1) is 16.7. The van der Waals surface area contributed by atoms with Gasteiger partial charge in [0.15, 0.2) is 5.82 Å². The van der Waals surface area contributed by atoms with Crippen molar-refractivity contribution in [1.29, 1.82) is 0 Å². The number of hydrogen-bond acceptors (Lipinski definition) is 5. The summed E-state index contributed by atoms with van der Waals surface area (Å²) in [5.41, 5.74) is 1.68. The minimum Gasteiger partial charge on any atom is -0.340 e. The molecule has 0 aliphatic heterocycles. The highest BCUT2D eigenvalue weighted by atomic mass is 19.1. The largest absolute Gasteiger partial charge is 0.340 e. The van der Waals surface area contributed by atoms with E-state index in [9.17, 15) is 13.6 Å². The number of carbonyl (C=O) groups excluding carboxylic acids is 1. The molecule has 1 N–H and O–H groups in total. The molecule has 0 radical (unpaired) electrons. The number of nitrogens with zero attached hydrogens (tertiary/aromatic N) is 4. The average molecular weight is 480 g/mol. The molecule has 7 nitrogen and oxygen atoms in total. The maximum atomic E-state index is 14.7. The number of fused-ring (bicyclic) bond motifs is 1. The summed E-state index contributed by atoms with van der Waals surface area (Å²) in [7, 11) is 0. The van der Waals surface area contributed by atoms with Crippen molar-refractivity contribution in [3.8, 4) is 11.1 Å². The van der Waals surface area contributed by atoms with Gasteiger partial charge in [-0.05, 0) is 49.9 Å². The minimum absolute atomic E-state index is 0.0935. The number of nitrogens with one attached hydrogen (secondary N) is 1. The van der Waals surface area contributed by atoms with E-state index in [0.717, 1.165) is 12.8 Å². The number of benzene rings is 1. The number of halogens is 2. The third-order valence-electron chi connectivity index (χ3n) is 6.78. The van der Waals surface area contributed by atoms with E-state index >= 15 is 0 Å². The fourth-order valence-corrected chi connectivity index (χ4v) is 5.20. The highest BCUT2D eigenvalue weighted by Gasteiger charge is 2.42. The van der Waals surface area contributed by atoms with Gasteiger partial charge in [-0.1, -0.05) is 37.9 Å². The van der Waals surface area contributed by atoms with Crippen LogP contribution in [0.2, 0.25) is 0 Å². The Kier molecular flexibility index (Phi) is 5.65. The zero-order valence-corrected chi connectivity index (χ0v) is 20.2. The van der Waals surface area contributed by atoms with Crippen LogP contribution in [-0.4, -0.2) is 25.7 Å². The van der Waals surface area contributed by atoms with Crippen LogP contribution in [0.1, 0.15) is 78.9 Å². The van der Waals surface area contributed by atoms with E-state index in [1.54, 1.807) is 30.5 Å². The summed E-state index contributed by atoms with van der Waals surface area (Å²) in [4.78, 5) is 18.1. The first-order valence-corrected chi connectivity index (χ1v) is 11.8. The van der Waals surface area contributed by atoms with E-state index in [1.165, 1.54) is 18.2 Å². The van der Waals surface area contributed by atoms with Crippen LogP contribution in [0, 0.1) is 25.5 Å². The van der Waals surface area contributed by atoms with Gasteiger partial charge in [0.2, 0.25) is 5.89 Å². The molecule has 3 aromatic heterocycles. The maximum Gasteiger partial charge on any atom is 0.253 e. The lowest BCUT2D eigenvalue weighted by Gasteiger charge is -2.27. The molecule has 9 heteroatoms. The zero-order chi connectivity index (χ0) is 24.9. The molecule has 4 aromatic rings. The molecular weight excluding hydrogens is 452 g/mol. The lowest BCUT2D eigenvalue weighted by atomic mass is 9.94. The summed E-state index contributed by atoms with van der Waals surface area (Å²) in [6.07, 6.45) is 3.32. The smallest absolute Gasteiger partial charge is 0.253 e. The van der Waals surface area contributed by atoms with Gasteiger partial charge in [0.1, 0.15) is 17.2 Å². The Morgan fingerprint density at radius 1 is 1.09 bits per heavy atom.